The summed E-state index contributed by atoms with van der Waals surface area (Å²) in [6, 6.07) is 17.7. The van der Waals surface area contributed by atoms with Crippen molar-refractivity contribution in [3.63, 3.8) is 0 Å². The van der Waals surface area contributed by atoms with Crippen molar-refractivity contribution in [3.8, 4) is 11.3 Å². The first-order valence-electron chi connectivity index (χ1n) is 9.13. The van der Waals surface area contributed by atoms with E-state index in [-0.39, 0.29) is 0 Å². The van der Waals surface area contributed by atoms with Gasteiger partial charge >= 0.3 is 0 Å². The largest absolute Gasteiger partial charge is 0.265 e. The molecule has 4 nitrogen and oxygen atoms in total. The van der Waals surface area contributed by atoms with Crippen molar-refractivity contribution in [1.29, 1.82) is 0 Å². The lowest BCUT2D eigenvalue weighted by Crippen LogP contribution is -2.11. The average molecular weight is 419 g/mol. The Bertz CT molecular complexity index is 1220. The number of halogens is 1. The van der Waals surface area contributed by atoms with Crippen molar-refractivity contribution in [1.82, 2.24) is 9.66 Å². The molecule has 0 atom stereocenters. The van der Waals surface area contributed by atoms with Gasteiger partial charge in [0, 0.05) is 28.4 Å². The van der Waals surface area contributed by atoms with E-state index in [0.29, 0.717) is 5.02 Å². The smallest absolute Gasteiger partial charge is 0.211 e. The Kier molecular flexibility index (Phi) is 5.69. The summed E-state index contributed by atoms with van der Waals surface area (Å²) in [7, 11) is 0. The Morgan fingerprint density at radius 2 is 1.76 bits per heavy atom. The van der Waals surface area contributed by atoms with Crippen molar-refractivity contribution < 1.29 is 0 Å². The van der Waals surface area contributed by atoms with E-state index in [1.54, 1.807) is 23.7 Å². The molecule has 0 aliphatic carbocycles. The van der Waals surface area contributed by atoms with Crippen LogP contribution in [0.4, 0.5) is 5.69 Å². The van der Waals surface area contributed by atoms with Gasteiger partial charge in [-0.1, -0.05) is 35.9 Å². The molecule has 0 saturated heterocycles. The molecule has 4 aromatic rings. The Morgan fingerprint density at radius 1 is 1.00 bits per heavy atom. The van der Waals surface area contributed by atoms with Crippen molar-refractivity contribution in [2.24, 2.45) is 10.1 Å². The Morgan fingerprint density at radius 3 is 2.52 bits per heavy atom. The maximum atomic E-state index is 6.07. The highest BCUT2D eigenvalue weighted by Crippen LogP contribution is 2.24. The molecule has 4 rings (SSSR count). The summed E-state index contributed by atoms with van der Waals surface area (Å²) in [6.07, 6.45) is 5.32. The van der Waals surface area contributed by atoms with Gasteiger partial charge in [-0.25, -0.2) is 9.67 Å². The van der Waals surface area contributed by atoms with Crippen LogP contribution in [0.1, 0.15) is 16.7 Å². The number of thiazole rings is 1. The Hall–Kier alpha value is -3.02. The van der Waals surface area contributed by atoms with E-state index in [1.165, 1.54) is 11.1 Å². The predicted molar refractivity (Wildman–Crippen MR) is 121 cm³/mol. The third kappa shape index (κ3) is 4.36. The summed E-state index contributed by atoms with van der Waals surface area (Å²) in [6.45, 7) is 4.18. The molecule has 0 radical (unpaired) electrons. The lowest BCUT2D eigenvalue weighted by atomic mass is 10.1. The van der Waals surface area contributed by atoms with E-state index in [9.17, 15) is 0 Å². The van der Waals surface area contributed by atoms with Gasteiger partial charge in [-0.3, -0.25) is 4.98 Å². The van der Waals surface area contributed by atoms with Crippen LogP contribution in [0.3, 0.4) is 0 Å². The Balaban J connectivity index is 1.87. The van der Waals surface area contributed by atoms with Crippen LogP contribution in [0.25, 0.3) is 11.3 Å². The Labute approximate surface area is 178 Å². The van der Waals surface area contributed by atoms with E-state index >= 15 is 0 Å². The standard InChI is InChI=1S/C23H19ClN4S/c1-16-4-3-5-21(17(16)2)27-23-28(26-14-18-10-12-25-13-11-18)22(15-29-23)19-6-8-20(24)9-7-19/h3-15H,1-2H3. The zero-order chi connectivity index (χ0) is 20.2. The molecular weight excluding hydrogens is 400 g/mol. The molecule has 0 aliphatic heterocycles. The fraction of sp³-hybridized carbons (Fsp3) is 0.0870. The third-order valence-corrected chi connectivity index (χ3v) is 5.71. The first kappa shape index (κ1) is 19.3. The molecule has 0 fully saturated rings. The fourth-order valence-electron chi connectivity index (χ4n) is 2.84. The van der Waals surface area contributed by atoms with Gasteiger partial charge in [0.15, 0.2) is 0 Å². The molecule has 144 valence electrons. The van der Waals surface area contributed by atoms with Gasteiger partial charge in [0.25, 0.3) is 0 Å². The summed E-state index contributed by atoms with van der Waals surface area (Å²) >= 11 is 7.62. The van der Waals surface area contributed by atoms with Gasteiger partial charge in [0.05, 0.1) is 17.6 Å². The van der Waals surface area contributed by atoms with Gasteiger partial charge in [0.1, 0.15) is 0 Å². The number of benzene rings is 2. The van der Waals surface area contributed by atoms with Crippen LogP contribution in [0, 0.1) is 13.8 Å². The number of aryl methyl sites for hydroxylation is 1. The van der Waals surface area contributed by atoms with Crippen LogP contribution < -0.4 is 4.80 Å². The molecule has 0 unspecified atom stereocenters. The summed E-state index contributed by atoms with van der Waals surface area (Å²) < 4.78 is 1.87. The molecule has 0 spiro atoms. The SMILES string of the molecule is Cc1cccc(N=c2scc(-c3ccc(Cl)cc3)n2N=Cc2ccncc2)c1C. The number of nitrogens with zero attached hydrogens (tertiary/aromatic N) is 4. The highest BCUT2D eigenvalue weighted by atomic mass is 35.5. The van der Waals surface area contributed by atoms with Crippen molar-refractivity contribution in [2.75, 3.05) is 0 Å². The first-order valence-corrected chi connectivity index (χ1v) is 10.4. The van der Waals surface area contributed by atoms with Crippen LogP contribution in [0.2, 0.25) is 5.02 Å². The minimum atomic E-state index is 0.705. The molecule has 2 heterocycles. The van der Waals surface area contributed by atoms with Gasteiger partial charge < -0.3 is 0 Å². The zero-order valence-corrected chi connectivity index (χ0v) is 17.7. The highest BCUT2D eigenvalue weighted by molar-refractivity contribution is 7.07. The number of aromatic nitrogens is 2. The van der Waals surface area contributed by atoms with Gasteiger partial charge in [-0.2, -0.15) is 5.10 Å². The molecule has 0 aliphatic rings. The molecule has 29 heavy (non-hydrogen) atoms. The quantitative estimate of drug-likeness (QED) is 0.375. The van der Waals surface area contributed by atoms with E-state index in [0.717, 1.165) is 27.3 Å². The third-order valence-electron chi connectivity index (χ3n) is 4.65. The number of hydrogen-bond donors (Lipinski definition) is 0. The van der Waals surface area contributed by atoms with E-state index in [4.69, 9.17) is 21.7 Å². The highest BCUT2D eigenvalue weighted by Gasteiger charge is 2.08. The molecule has 2 aromatic heterocycles. The van der Waals surface area contributed by atoms with Crippen molar-refractivity contribution >= 4 is 34.8 Å². The maximum absolute atomic E-state index is 6.07. The lowest BCUT2D eigenvalue weighted by Gasteiger charge is -2.05. The second-order valence-corrected chi connectivity index (χ2v) is 7.85. The van der Waals surface area contributed by atoms with Crippen LogP contribution in [0.15, 0.2) is 82.5 Å². The predicted octanol–water partition coefficient (Wildman–Crippen LogP) is 6.00. The van der Waals surface area contributed by atoms with E-state index < -0.39 is 0 Å². The second-order valence-electron chi connectivity index (χ2n) is 6.58. The summed E-state index contributed by atoms with van der Waals surface area (Å²) in [4.78, 5) is 9.76. The molecule has 0 saturated carbocycles. The first-order chi connectivity index (χ1) is 14.1. The normalized spacial score (nSPS) is 12.0. The second kappa shape index (κ2) is 8.55. The van der Waals surface area contributed by atoms with Crippen LogP contribution in [0.5, 0.6) is 0 Å². The summed E-state index contributed by atoms with van der Waals surface area (Å²) in [5.74, 6) is 0. The molecule has 0 bridgehead atoms. The number of rotatable bonds is 4. The fourth-order valence-corrected chi connectivity index (χ4v) is 3.82. The maximum Gasteiger partial charge on any atom is 0.211 e. The minimum Gasteiger partial charge on any atom is -0.265 e. The van der Waals surface area contributed by atoms with E-state index in [1.807, 2.05) is 59.4 Å². The van der Waals surface area contributed by atoms with E-state index in [2.05, 4.69) is 30.3 Å². The number of hydrogen-bond acceptors (Lipinski definition) is 4. The van der Waals surface area contributed by atoms with Crippen LogP contribution in [-0.4, -0.2) is 15.9 Å². The van der Waals surface area contributed by atoms with Gasteiger partial charge in [-0.05, 0) is 60.9 Å². The summed E-state index contributed by atoms with van der Waals surface area (Å²) in [5, 5.41) is 7.50. The lowest BCUT2D eigenvalue weighted by molar-refractivity contribution is 0.854. The summed E-state index contributed by atoms with van der Waals surface area (Å²) in [5.41, 5.74) is 6.29. The molecule has 6 heteroatoms. The van der Waals surface area contributed by atoms with Crippen molar-refractivity contribution in [3.05, 3.63) is 98.9 Å². The molecule has 2 aromatic carbocycles. The zero-order valence-electron chi connectivity index (χ0n) is 16.1. The molecule has 0 amide bonds. The minimum absolute atomic E-state index is 0.705. The van der Waals surface area contributed by atoms with Gasteiger partial charge in [0.2, 0.25) is 4.80 Å². The average Bonchev–Trinajstić information content (AvgIpc) is 3.13. The topological polar surface area (TPSA) is 42.5 Å². The van der Waals surface area contributed by atoms with Crippen LogP contribution >= 0.6 is 22.9 Å². The van der Waals surface area contributed by atoms with Crippen molar-refractivity contribution in [2.45, 2.75) is 13.8 Å². The molecular formula is C23H19ClN4S. The monoisotopic (exact) mass is 418 g/mol. The van der Waals surface area contributed by atoms with Crippen LogP contribution in [-0.2, 0) is 0 Å². The van der Waals surface area contributed by atoms with Gasteiger partial charge in [-0.15, -0.1) is 11.3 Å². The molecule has 0 N–H and O–H groups in total. The number of pyridine rings is 1.